The van der Waals surface area contributed by atoms with Gasteiger partial charge in [-0.25, -0.2) is 4.98 Å². The van der Waals surface area contributed by atoms with Gasteiger partial charge in [0.05, 0.1) is 5.60 Å². The Labute approximate surface area is 115 Å². The third kappa shape index (κ3) is 3.81. The Morgan fingerprint density at radius 1 is 1.32 bits per heavy atom. The maximum atomic E-state index is 9.84. The van der Waals surface area contributed by atoms with Gasteiger partial charge in [0.15, 0.2) is 0 Å². The molecule has 1 aromatic heterocycles. The Balaban J connectivity index is 1.94. The largest absolute Gasteiger partial charge is 0.398 e. The zero-order valence-corrected chi connectivity index (χ0v) is 12.1. The molecule has 0 unspecified atom stereocenters. The predicted octanol–water partition coefficient (Wildman–Crippen LogP) is 0.865. The summed E-state index contributed by atoms with van der Waals surface area (Å²) in [5.41, 5.74) is 7.11. The van der Waals surface area contributed by atoms with Crippen molar-refractivity contribution >= 4 is 11.5 Å². The molecule has 0 amide bonds. The van der Waals surface area contributed by atoms with Crippen molar-refractivity contribution in [1.82, 2.24) is 9.88 Å². The van der Waals surface area contributed by atoms with Crippen LogP contribution in [0.3, 0.4) is 0 Å². The Kier molecular flexibility index (Phi) is 3.96. The second-order valence-corrected chi connectivity index (χ2v) is 5.97. The van der Waals surface area contributed by atoms with Crippen LogP contribution in [0.5, 0.6) is 0 Å². The topological polar surface area (TPSA) is 65.6 Å². The number of hydrogen-bond donors (Lipinski definition) is 2. The normalized spacial score (nSPS) is 17.8. The average Bonchev–Trinajstić information content (AvgIpc) is 2.32. The molecule has 0 atom stereocenters. The van der Waals surface area contributed by atoms with Gasteiger partial charge in [-0.05, 0) is 26.3 Å². The van der Waals surface area contributed by atoms with Crippen LogP contribution in [-0.4, -0.2) is 53.3 Å². The van der Waals surface area contributed by atoms with Crippen LogP contribution >= 0.6 is 0 Å². The molecule has 1 aromatic rings. The van der Waals surface area contributed by atoms with E-state index in [-0.39, 0.29) is 0 Å². The lowest BCUT2D eigenvalue weighted by atomic mass is 10.1. The molecule has 0 radical (unpaired) electrons. The van der Waals surface area contributed by atoms with Gasteiger partial charge in [0, 0.05) is 50.7 Å². The first kappa shape index (κ1) is 14.1. The van der Waals surface area contributed by atoms with Gasteiger partial charge < -0.3 is 15.7 Å². The molecule has 2 heterocycles. The van der Waals surface area contributed by atoms with E-state index < -0.39 is 5.60 Å². The molecule has 1 saturated heterocycles. The van der Waals surface area contributed by atoms with E-state index in [1.165, 1.54) is 0 Å². The molecule has 0 aromatic carbocycles. The summed E-state index contributed by atoms with van der Waals surface area (Å²) in [7, 11) is 0. The van der Waals surface area contributed by atoms with Crippen molar-refractivity contribution in [1.29, 1.82) is 0 Å². The fraction of sp³-hybridized carbons (Fsp3) is 0.643. The molecule has 106 valence electrons. The van der Waals surface area contributed by atoms with Crippen molar-refractivity contribution < 1.29 is 5.11 Å². The summed E-state index contributed by atoms with van der Waals surface area (Å²) in [6, 6.07) is 1.95. The first-order chi connectivity index (χ1) is 8.85. The molecular formula is C14H24N4O. The van der Waals surface area contributed by atoms with Crippen molar-refractivity contribution in [3.05, 3.63) is 17.8 Å². The molecule has 5 nitrogen and oxygen atoms in total. The van der Waals surface area contributed by atoms with Gasteiger partial charge in [-0.3, -0.25) is 4.90 Å². The van der Waals surface area contributed by atoms with Crippen LogP contribution in [0.15, 0.2) is 12.3 Å². The molecule has 19 heavy (non-hydrogen) atoms. The molecule has 5 heteroatoms. The smallest absolute Gasteiger partial charge is 0.130 e. The first-order valence-electron chi connectivity index (χ1n) is 6.77. The quantitative estimate of drug-likeness (QED) is 0.848. The zero-order valence-electron chi connectivity index (χ0n) is 12.1. The van der Waals surface area contributed by atoms with Crippen LogP contribution in [0, 0.1) is 6.92 Å². The second kappa shape index (κ2) is 5.35. The van der Waals surface area contributed by atoms with Crippen molar-refractivity contribution in [2.75, 3.05) is 43.4 Å². The third-order valence-electron chi connectivity index (χ3n) is 3.44. The van der Waals surface area contributed by atoms with Crippen molar-refractivity contribution in [2.24, 2.45) is 0 Å². The fourth-order valence-electron chi connectivity index (χ4n) is 2.38. The van der Waals surface area contributed by atoms with Gasteiger partial charge in [0.2, 0.25) is 0 Å². The Bertz CT molecular complexity index is 434. The van der Waals surface area contributed by atoms with E-state index in [4.69, 9.17) is 5.73 Å². The maximum absolute atomic E-state index is 9.84. The standard InChI is InChI=1S/C14H24N4O/c1-11-9-16-13(8-12(11)15)18-6-4-17(5-7-18)10-14(2,3)19/h8-9,19H,4-7,10H2,1-3H3,(H2,15,16). The fourth-order valence-corrected chi connectivity index (χ4v) is 2.38. The third-order valence-corrected chi connectivity index (χ3v) is 3.44. The van der Waals surface area contributed by atoms with Crippen molar-refractivity contribution in [3.63, 3.8) is 0 Å². The minimum Gasteiger partial charge on any atom is -0.398 e. The van der Waals surface area contributed by atoms with Crippen molar-refractivity contribution in [3.8, 4) is 0 Å². The van der Waals surface area contributed by atoms with E-state index in [1.807, 2.05) is 33.0 Å². The minimum absolute atomic E-state index is 0.630. The van der Waals surface area contributed by atoms with Gasteiger partial charge in [0.25, 0.3) is 0 Å². The van der Waals surface area contributed by atoms with Crippen LogP contribution in [0.1, 0.15) is 19.4 Å². The van der Waals surface area contributed by atoms with E-state index in [0.29, 0.717) is 6.54 Å². The van der Waals surface area contributed by atoms with Crippen LogP contribution < -0.4 is 10.6 Å². The van der Waals surface area contributed by atoms with Gasteiger partial charge in [-0.1, -0.05) is 0 Å². The molecule has 1 fully saturated rings. The number of pyridine rings is 1. The first-order valence-corrected chi connectivity index (χ1v) is 6.77. The molecular weight excluding hydrogens is 240 g/mol. The summed E-state index contributed by atoms with van der Waals surface area (Å²) in [6.07, 6.45) is 1.83. The van der Waals surface area contributed by atoms with Gasteiger partial charge in [-0.15, -0.1) is 0 Å². The zero-order chi connectivity index (χ0) is 14.0. The van der Waals surface area contributed by atoms with E-state index in [0.717, 1.165) is 43.2 Å². The van der Waals surface area contributed by atoms with Crippen LogP contribution in [0.25, 0.3) is 0 Å². The molecule has 0 spiro atoms. The number of anilines is 2. The Morgan fingerprint density at radius 3 is 2.47 bits per heavy atom. The number of aryl methyl sites for hydroxylation is 1. The summed E-state index contributed by atoms with van der Waals surface area (Å²) >= 11 is 0. The number of β-amino-alcohol motifs (C(OH)–C–C–N with tert-alkyl or cyclic N) is 1. The molecule has 0 bridgehead atoms. The Hall–Kier alpha value is -1.33. The number of nitrogen functional groups attached to an aromatic ring is 1. The Morgan fingerprint density at radius 2 is 1.95 bits per heavy atom. The lowest BCUT2D eigenvalue weighted by Gasteiger charge is -2.37. The summed E-state index contributed by atoms with van der Waals surface area (Å²) in [5.74, 6) is 0.950. The maximum Gasteiger partial charge on any atom is 0.130 e. The van der Waals surface area contributed by atoms with E-state index in [1.54, 1.807) is 0 Å². The van der Waals surface area contributed by atoms with Crippen LogP contribution in [0.2, 0.25) is 0 Å². The second-order valence-electron chi connectivity index (χ2n) is 5.97. The van der Waals surface area contributed by atoms with Crippen molar-refractivity contribution in [2.45, 2.75) is 26.4 Å². The minimum atomic E-state index is -0.630. The summed E-state index contributed by atoms with van der Waals surface area (Å²) in [4.78, 5) is 8.97. The summed E-state index contributed by atoms with van der Waals surface area (Å²) in [5, 5.41) is 9.84. The highest BCUT2D eigenvalue weighted by Gasteiger charge is 2.23. The summed E-state index contributed by atoms with van der Waals surface area (Å²) < 4.78 is 0. The van der Waals surface area contributed by atoms with Gasteiger partial charge in [0.1, 0.15) is 5.82 Å². The molecule has 3 N–H and O–H groups in total. The number of nitrogens with zero attached hydrogens (tertiary/aromatic N) is 3. The van der Waals surface area contributed by atoms with Gasteiger partial charge in [-0.2, -0.15) is 0 Å². The highest BCUT2D eigenvalue weighted by molar-refractivity contribution is 5.54. The highest BCUT2D eigenvalue weighted by Crippen LogP contribution is 2.19. The van der Waals surface area contributed by atoms with Crippen LogP contribution in [0.4, 0.5) is 11.5 Å². The van der Waals surface area contributed by atoms with E-state index in [9.17, 15) is 5.11 Å². The molecule has 1 aliphatic heterocycles. The van der Waals surface area contributed by atoms with E-state index in [2.05, 4.69) is 14.8 Å². The molecule has 1 aliphatic rings. The summed E-state index contributed by atoms with van der Waals surface area (Å²) in [6.45, 7) is 10.1. The number of aromatic nitrogens is 1. The van der Waals surface area contributed by atoms with E-state index >= 15 is 0 Å². The van der Waals surface area contributed by atoms with Crippen LogP contribution in [-0.2, 0) is 0 Å². The molecule has 0 saturated carbocycles. The van der Waals surface area contributed by atoms with Gasteiger partial charge >= 0.3 is 0 Å². The SMILES string of the molecule is Cc1cnc(N2CCN(CC(C)(C)O)CC2)cc1N. The number of nitrogens with two attached hydrogens (primary N) is 1. The number of hydrogen-bond acceptors (Lipinski definition) is 5. The monoisotopic (exact) mass is 264 g/mol. The lowest BCUT2D eigenvalue weighted by molar-refractivity contribution is 0.0344. The molecule has 0 aliphatic carbocycles. The predicted molar refractivity (Wildman–Crippen MR) is 78.3 cm³/mol. The number of piperazine rings is 1. The molecule has 2 rings (SSSR count). The average molecular weight is 264 g/mol. The number of aliphatic hydroxyl groups is 1. The lowest BCUT2D eigenvalue weighted by Crippen LogP contribution is -2.50. The highest BCUT2D eigenvalue weighted by atomic mass is 16.3. The number of rotatable bonds is 3.